The van der Waals surface area contributed by atoms with Crippen LogP contribution in [0.2, 0.25) is 0 Å². The lowest BCUT2D eigenvalue weighted by Gasteiger charge is -2.29. The molecule has 1 aliphatic carbocycles. The van der Waals surface area contributed by atoms with Crippen molar-refractivity contribution in [1.82, 2.24) is 14.5 Å². The Kier molecular flexibility index (Phi) is 6.95. The zero-order valence-electron chi connectivity index (χ0n) is 22.5. The zero-order chi connectivity index (χ0) is 27.1. The van der Waals surface area contributed by atoms with Crippen molar-refractivity contribution < 1.29 is 9.13 Å². The number of hydrogen-bond donors (Lipinski definition) is 1. The normalized spacial score (nSPS) is 16.3. The number of aryl methyl sites for hydroxylation is 3. The molecular weight excluding hydrogens is 513 g/mol. The number of thiophene rings is 1. The molecule has 202 valence electrons. The summed E-state index contributed by atoms with van der Waals surface area (Å²) in [4.78, 5) is 26.0. The van der Waals surface area contributed by atoms with E-state index < -0.39 is 0 Å². The van der Waals surface area contributed by atoms with E-state index in [-0.39, 0.29) is 17.4 Å². The quantitative estimate of drug-likeness (QED) is 0.331. The van der Waals surface area contributed by atoms with Gasteiger partial charge in [0, 0.05) is 25.0 Å². The Hall–Kier alpha value is -3.56. The molecule has 1 saturated heterocycles. The number of anilines is 2. The molecule has 1 aromatic carbocycles. The second-order valence-electron chi connectivity index (χ2n) is 10.2. The van der Waals surface area contributed by atoms with Crippen LogP contribution in [0.25, 0.3) is 21.5 Å². The van der Waals surface area contributed by atoms with E-state index in [1.54, 1.807) is 24.6 Å². The van der Waals surface area contributed by atoms with Gasteiger partial charge in [0.1, 0.15) is 28.8 Å². The van der Waals surface area contributed by atoms with Gasteiger partial charge in [-0.05, 0) is 61.9 Å². The highest BCUT2D eigenvalue weighted by atomic mass is 32.1. The molecule has 0 radical (unpaired) electrons. The van der Waals surface area contributed by atoms with Crippen LogP contribution in [0.3, 0.4) is 0 Å². The summed E-state index contributed by atoms with van der Waals surface area (Å²) in [6.07, 6.45) is 7.35. The second kappa shape index (κ2) is 10.5. The van der Waals surface area contributed by atoms with Gasteiger partial charge in [-0.1, -0.05) is 30.4 Å². The largest absolute Gasteiger partial charge is 0.378 e. The maximum atomic E-state index is 15.4. The predicted octanol–water partition coefficient (Wildman–Crippen LogP) is 5.56. The average molecular weight is 546 g/mol. The number of morpholine rings is 1. The Morgan fingerprint density at radius 1 is 1.15 bits per heavy atom. The number of pyridine rings is 1. The lowest BCUT2D eigenvalue weighted by atomic mass is 9.96. The van der Waals surface area contributed by atoms with Crippen molar-refractivity contribution in [2.24, 2.45) is 7.05 Å². The number of aromatic nitrogens is 3. The lowest BCUT2D eigenvalue weighted by molar-refractivity contribution is 0.122. The highest BCUT2D eigenvalue weighted by molar-refractivity contribution is 7.15. The molecule has 0 unspecified atom stereocenters. The van der Waals surface area contributed by atoms with Crippen molar-refractivity contribution in [3.8, 4) is 10.4 Å². The fraction of sp³-hybridized carbons (Fsp3) is 0.367. The Bertz CT molecular complexity index is 1640. The molecule has 6 rings (SSSR count). The molecule has 0 amide bonds. The molecule has 3 aromatic heterocycles. The van der Waals surface area contributed by atoms with Crippen LogP contribution >= 0.6 is 11.3 Å². The summed E-state index contributed by atoms with van der Waals surface area (Å²) >= 11 is 1.48. The van der Waals surface area contributed by atoms with E-state index in [1.807, 2.05) is 17.9 Å². The number of allylic oxidation sites excluding steroid dienone is 2. The van der Waals surface area contributed by atoms with Crippen LogP contribution < -0.4 is 15.8 Å². The molecule has 4 aromatic rings. The first-order valence-electron chi connectivity index (χ1n) is 13.4. The second-order valence-corrected chi connectivity index (χ2v) is 11.3. The zero-order valence-corrected chi connectivity index (χ0v) is 23.3. The van der Waals surface area contributed by atoms with Gasteiger partial charge in [0.15, 0.2) is 0 Å². The fourth-order valence-electron chi connectivity index (χ4n) is 5.54. The summed E-state index contributed by atoms with van der Waals surface area (Å²) in [5.41, 5.74) is 4.77. The molecule has 1 atom stereocenters. The minimum absolute atomic E-state index is 0.104. The third-order valence-corrected chi connectivity index (χ3v) is 8.90. The van der Waals surface area contributed by atoms with Crippen molar-refractivity contribution in [1.29, 1.82) is 0 Å². The number of ether oxygens (including phenoxy) is 1. The molecule has 9 heteroatoms. The van der Waals surface area contributed by atoms with Gasteiger partial charge >= 0.3 is 0 Å². The first kappa shape index (κ1) is 25.7. The molecule has 1 aliphatic heterocycles. The van der Waals surface area contributed by atoms with E-state index in [1.165, 1.54) is 22.5 Å². The van der Waals surface area contributed by atoms with E-state index in [2.05, 4.69) is 45.6 Å². The van der Waals surface area contributed by atoms with Gasteiger partial charge in [0.05, 0.1) is 29.5 Å². The summed E-state index contributed by atoms with van der Waals surface area (Å²) in [5, 5.41) is 4.18. The molecule has 2 aliphatic rings. The van der Waals surface area contributed by atoms with Crippen LogP contribution in [-0.2, 0) is 24.6 Å². The van der Waals surface area contributed by atoms with E-state index in [0.29, 0.717) is 54.2 Å². The number of fused-ring (bicyclic) bond motifs is 2. The van der Waals surface area contributed by atoms with Crippen molar-refractivity contribution >= 4 is 33.9 Å². The third kappa shape index (κ3) is 4.85. The van der Waals surface area contributed by atoms with Crippen molar-refractivity contribution in [3.05, 3.63) is 80.5 Å². The van der Waals surface area contributed by atoms with E-state index in [0.717, 1.165) is 35.1 Å². The summed E-state index contributed by atoms with van der Waals surface area (Å²) in [7, 11) is 1.73. The van der Waals surface area contributed by atoms with Gasteiger partial charge in [-0.15, -0.1) is 11.3 Å². The monoisotopic (exact) mass is 545 g/mol. The average Bonchev–Trinajstić information content (AvgIpc) is 3.16. The molecule has 0 bridgehead atoms. The number of halogens is 1. The first-order valence-corrected chi connectivity index (χ1v) is 14.3. The maximum Gasteiger partial charge on any atom is 0.275 e. The van der Waals surface area contributed by atoms with Gasteiger partial charge in [-0.3, -0.25) is 9.36 Å². The topological polar surface area (TPSA) is 72.3 Å². The van der Waals surface area contributed by atoms with Crippen LogP contribution in [0.15, 0.2) is 47.3 Å². The van der Waals surface area contributed by atoms with Crippen LogP contribution in [0, 0.1) is 12.7 Å². The van der Waals surface area contributed by atoms with Crippen LogP contribution in [0.1, 0.15) is 41.2 Å². The Morgan fingerprint density at radius 3 is 2.79 bits per heavy atom. The smallest absolute Gasteiger partial charge is 0.275 e. The summed E-state index contributed by atoms with van der Waals surface area (Å²) in [5.74, 6) is 0.898. The number of nitrogens with zero attached hydrogens (tertiary/aromatic N) is 4. The molecule has 0 saturated carbocycles. The molecule has 7 nitrogen and oxygen atoms in total. The fourth-order valence-corrected chi connectivity index (χ4v) is 6.64. The van der Waals surface area contributed by atoms with Gasteiger partial charge in [-0.2, -0.15) is 0 Å². The van der Waals surface area contributed by atoms with Crippen LogP contribution in [0.4, 0.5) is 15.9 Å². The summed E-state index contributed by atoms with van der Waals surface area (Å²) in [6, 6.07) is 9.53. The minimum Gasteiger partial charge on any atom is -0.378 e. The van der Waals surface area contributed by atoms with Gasteiger partial charge in [0.2, 0.25) is 0 Å². The highest BCUT2D eigenvalue weighted by Crippen LogP contribution is 2.39. The standard InChI is InChI=1S/C30H32FN5O2S/c1-18(27-24(31)17-26(39-27)22-11-7-9-20-8-5-4-6-10-21(20)22)32-28-23-16-25(36-12-14-38-15-13-36)30(37)35(3)29(23)34-19(2)33-28/h4,6-7,9,11,16-18H,5,8,10,12-15H2,1-3H3,(H,32,33,34)/t18-/m1/s1. The molecule has 4 heterocycles. The van der Waals surface area contributed by atoms with Crippen LogP contribution in [0.5, 0.6) is 0 Å². The number of benzene rings is 1. The van der Waals surface area contributed by atoms with Crippen molar-refractivity contribution in [2.45, 2.75) is 39.2 Å². The van der Waals surface area contributed by atoms with Crippen molar-refractivity contribution in [3.63, 3.8) is 0 Å². The Balaban J connectivity index is 1.37. The predicted molar refractivity (Wildman–Crippen MR) is 155 cm³/mol. The van der Waals surface area contributed by atoms with E-state index in [9.17, 15) is 4.79 Å². The Labute approximate surface area is 231 Å². The van der Waals surface area contributed by atoms with Crippen molar-refractivity contribution in [2.75, 3.05) is 36.5 Å². The number of rotatable bonds is 5. The highest BCUT2D eigenvalue weighted by Gasteiger charge is 2.23. The van der Waals surface area contributed by atoms with Gasteiger partial charge in [-0.25, -0.2) is 14.4 Å². The number of nitrogens with one attached hydrogen (secondary N) is 1. The van der Waals surface area contributed by atoms with Crippen LogP contribution in [-0.4, -0.2) is 40.8 Å². The minimum atomic E-state index is -0.340. The SMILES string of the molecule is Cc1nc(N[C@H](C)c2sc(-c3cccc4c3CC=CCC4)cc2F)c2cc(N3CCOCC3)c(=O)n(C)c2n1. The summed E-state index contributed by atoms with van der Waals surface area (Å²) in [6.45, 7) is 6.20. The first-order chi connectivity index (χ1) is 18.9. The molecule has 1 fully saturated rings. The molecule has 0 spiro atoms. The number of hydrogen-bond acceptors (Lipinski definition) is 7. The van der Waals surface area contributed by atoms with E-state index in [4.69, 9.17) is 4.74 Å². The van der Waals surface area contributed by atoms with E-state index >= 15 is 4.39 Å². The third-order valence-electron chi connectivity index (χ3n) is 7.58. The van der Waals surface area contributed by atoms with Gasteiger partial charge in [0.25, 0.3) is 5.56 Å². The molecule has 1 N–H and O–H groups in total. The lowest BCUT2D eigenvalue weighted by Crippen LogP contribution is -2.40. The maximum absolute atomic E-state index is 15.4. The molecular formula is C30H32FN5O2S. The Morgan fingerprint density at radius 2 is 1.97 bits per heavy atom. The summed E-state index contributed by atoms with van der Waals surface area (Å²) < 4.78 is 22.5. The molecule has 39 heavy (non-hydrogen) atoms. The van der Waals surface area contributed by atoms with Gasteiger partial charge < -0.3 is 15.0 Å².